The first-order valence-corrected chi connectivity index (χ1v) is 5.95. The number of ether oxygens (including phenoxy) is 2. The zero-order valence-corrected chi connectivity index (χ0v) is 10.7. The van der Waals surface area contributed by atoms with Gasteiger partial charge in [-0.3, -0.25) is 4.79 Å². The summed E-state index contributed by atoms with van der Waals surface area (Å²) in [7, 11) is 0. The summed E-state index contributed by atoms with van der Waals surface area (Å²) in [5.41, 5.74) is 0.850. The van der Waals surface area contributed by atoms with Crippen LogP contribution in [0.3, 0.4) is 0 Å². The maximum atomic E-state index is 11.6. The van der Waals surface area contributed by atoms with Crippen LogP contribution >= 0.6 is 0 Å². The van der Waals surface area contributed by atoms with Gasteiger partial charge in [-0.1, -0.05) is 12.1 Å². The lowest BCUT2D eigenvalue weighted by molar-refractivity contribution is -0.144. The number of carbonyl (C=O) groups excluding carboxylic acids is 1. The first-order chi connectivity index (χ1) is 8.69. The first kappa shape index (κ1) is 14.0. The zero-order valence-electron chi connectivity index (χ0n) is 10.7. The third kappa shape index (κ3) is 4.10. The Morgan fingerprint density at radius 1 is 1.50 bits per heavy atom. The number of carbonyl (C=O) groups is 1. The third-order valence-corrected chi connectivity index (χ3v) is 2.48. The second-order valence-electron chi connectivity index (χ2n) is 3.80. The fourth-order valence-corrected chi connectivity index (χ4v) is 1.49. The molecule has 18 heavy (non-hydrogen) atoms. The number of hydrogen-bond donors (Lipinski definition) is 0. The molecule has 0 radical (unpaired) electrons. The van der Waals surface area contributed by atoms with Crippen molar-refractivity contribution in [3.8, 4) is 11.8 Å². The highest BCUT2D eigenvalue weighted by Gasteiger charge is 2.16. The van der Waals surface area contributed by atoms with Crippen LogP contribution in [0, 0.1) is 11.3 Å². The van der Waals surface area contributed by atoms with E-state index >= 15 is 0 Å². The number of benzene rings is 1. The molecule has 0 heterocycles. The lowest BCUT2D eigenvalue weighted by Crippen LogP contribution is -2.13. The van der Waals surface area contributed by atoms with Gasteiger partial charge in [0, 0.05) is 0 Å². The Hall–Kier alpha value is -2.02. The molecule has 0 amide bonds. The van der Waals surface area contributed by atoms with Crippen LogP contribution in [0.4, 0.5) is 0 Å². The van der Waals surface area contributed by atoms with E-state index in [1.807, 2.05) is 18.2 Å². The van der Waals surface area contributed by atoms with Gasteiger partial charge in [0.2, 0.25) is 0 Å². The van der Waals surface area contributed by atoms with Gasteiger partial charge in [-0.2, -0.15) is 5.26 Å². The van der Waals surface area contributed by atoms with Gasteiger partial charge in [0.1, 0.15) is 12.4 Å². The van der Waals surface area contributed by atoms with E-state index in [0.717, 1.165) is 5.56 Å². The Labute approximate surface area is 107 Å². The van der Waals surface area contributed by atoms with E-state index in [-0.39, 0.29) is 11.9 Å². The Kier molecular flexibility index (Phi) is 5.72. The van der Waals surface area contributed by atoms with Crippen molar-refractivity contribution in [1.82, 2.24) is 0 Å². The Morgan fingerprint density at radius 2 is 2.28 bits per heavy atom. The summed E-state index contributed by atoms with van der Waals surface area (Å²) in [4.78, 5) is 11.6. The average molecular weight is 247 g/mol. The number of rotatable bonds is 6. The summed E-state index contributed by atoms with van der Waals surface area (Å²) in [6.07, 6.45) is 0.345. The minimum atomic E-state index is -0.315. The summed E-state index contributed by atoms with van der Waals surface area (Å²) in [6.45, 7) is 4.31. The molecule has 1 rings (SSSR count). The molecule has 4 nitrogen and oxygen atoms in total. The standard InChI is InChI=1S/C14H17NO3/c1-3-17-14(16)11(2)12-6-4-7-13(10-12)18-9-5-8-15/h4,6-7,10-11H,3,5,9H2,1-2H3. The SMILES string of the molecule is CCOC(=O)C(C)c1cccc(OCCC#N)c1. The summed E-state index contributed by atoms with van der Waals surface area (Å²) in [5.74, 6) is 0.107. The van der Waals surface area contributed by atoms with Gasteiger partial charge < -0.3 is 9.47 Å². The van der Waals surface area contributed by atoms with Crippen LogP contribution < -0.4 is 4.74 Å². The van der Waals surface area contributed by atoms with E-state index in [0.29, 0.717) is 25.4 Å². The fourth-order valence-electron chi connectivity index (χ4n) is 1.49. The number of nitrogens with zero attached hydrogens (tertiary/aromatic N) is 1. The maximum Gasteiger partial charge on any atom is 0.313 e. The molecule has 0 fully saturated rings. The van der Waals surface area contributed by atoms with Crippen molar-refractivity contribution in [2.24, 2.45) is 0 Å². The first-order valence-electron chi connectivity index (χ1n) is 5.95. The Bertz CT molecular complexity index is 437. The predicted molar refractivity (Wildman–Crippen MR) is 67.2 cm³/mol. The largest absolute Gasteiger partial charge is 0.493 e. The van der Waals surface area contributed by atoms with Crippen molar-refractivity contribution < 1.29 is 14.3 Å². The van der Waals surface area contributed by atoms with Gasteiger partial charge in [-0.15, -0.1) is 0 Å². The van der Waals surface area contributed by atoms with Crippen molar-refractivity contribution in [3.05, 3.63) is 29.8 Å². The molecule has 0 saturated heterocycles. The topological polar surface area (TPSA) is 59.3 Å². The highest BCUT2D eigenvalue weighted by Crippen LogP contribution is 2.22. The van der Waals surface area contributed by atoms with Gasteiger partial charge >= 0.3 is 5.97 Å². The molecular weight excluding hydrogens is 230 g/mol. The molecule has 1 aromatic rings. The van der Waals surface area contributed by atoms with E-state index < -0.39 is 0 Å². The maximum absolute atomic E-state index is 11.6. The molecule has 0 saturated carbocycles. The highest BCUT2D eigenvalue weighted by atomic mass is 16.5. The quantitative estimate of drug-likeness (QED) is 0.572. The van der Waals surface area contributed by atoms with Gasteiger partial charge in [-0.25, -0.2) is 0 Å². The van der Waals surface area contributed by atoms with Crippen molar-refractivity contribution in [2.45, 2.75) is 26.2 Å². The summed E-state index contributed by atoms with van der Waals surface area (Å²) < 4.78 is 10.4. The fraction of sp³-hybridized carbons (Fsp3) is 0.429. The monoisotopic (exact) mass is 247 g/mol. The Morgan fingerprint density at radius 3 is 2.94 bits per heavy atom. The second kappa shape index (κ2) is 7.33. The van der Waals surface area contributed by atoms with Crippen LogP contribution in [0.15, 0.2) is 24.3 Å². The van der Waals surface area contributed by atoms with E-state index in [1.165, 1.54) is 0 Å². The summed E-state index contributed by atoms with van der Waals surface area (Å²) in [5, 5.41) is 8.43. The van der Waals surface area contributed by atoms with Gasteiger partial charge in [0.15, 0.2) is 0 Å². The number of hydrogen-bond acceptors (Lipinski definition) is 4. The molecular formula is C14H17NO3. The third-order valence-electron chi connectivity index (χ3n) is 2.48. The molecule has 0 N–H and O–H groups in total. The van der Waals surface area contributed by atoms with E-state index in [4.69, 9.17) is 14.7 Å². The molecule has 0 spiro atoms. The predicted octanol–water partition coefficient (Wildman–Crippen LogP) is 2.65. The van der Waals surface area contributed by atoms with Gasteiger partial charge in [-0.05, 0) is 31.5 Å². The average Bonchev–Trinajstić information content (AvgIpc) is 2.39. The van der Waals surface area contributed by atoms with Crippen molar-refractivity contribution in [1.29, 1.82) is 5.26 Å². The highest BCUT2D eigenvalue weighted by molar-refractivity contribution is 5.77. The van der Waals surface area contributed by atoms with Crippen molar-refractivity contribution >= 4 is 5.97 Å². The summed E-state index contributed by atoms with van der Waals surface area (Å²) in [6, 6.07) is 9.31. The molecule has 0 aliphatic heterocycles. The van der Waals surface area contributed by atoms with Crippen LogP contribution in [0.1, 0.15) is 31.7 Å². The number of nitriles is 1. The molecule has 0 bridgehead atoms. The van der Waals surface area contributed by atoms with E-state index in [9.17, 15) is 4.79 Å². The van der Waals surface area contributed by atoms with Crippen LogP contribution in [0.2, 0.25) is 0 Å². The minimum absolute atomic E-state index is 0.244. The lowest BCUT2D eigenvalue weighted by atomic mass is 10.0. The second-order valence-corrected chi connectivity index (χ2v) is 3.80. The Balaban J connectivity index is 2.69. The molecule has 96 valence electrons. The molecule has 4 heteroatoms. The lowest BCUT2D eigenvalue weighted by Gasteiger charge is -2.12. The van der Waals surface area contributed by atoms with Gasteiger partial charge in [0.25, 0.3) is 0 Å². The van der Waals surface area contributed by atoms with Gasteiger partial charge in [0.05, 0.1) is 25.0 Å². The minimum Gasteiger partial charge on any atom is -0.493 e. The van der Waals surface area contributed by atoms with Crippen LogP contribution in [-0.4, -0.2) is 19.2 Å². The molecule has 0 aliphatic carbocycles. The van der Waals surface area contributed by atoms with E-state index in [1.54, 1.807) is 26.0 Å². The molecule has 1 aromatic carbocycles. The van der Waals surface area contributed by atoms with Crippen molar-refractivity contribution in [3.63, 3.8) is 0 Å². The molecule has 0 aromatic heterocycles. The zero-order chi connectivity index (χ0) is 13.4. The molecule has 0 aliphatic rings. The molecule has 1 unspecified atom stereocenters. The van der Waals surface area contributed by atoms with Crippen molar-refractivity contribution in [2.75, 3.05) is 13.2 Å². The van der Waals surface area contributed by atoms with Crippen LogP contribution in [-0.2, 0) is 9.53 Å². The molecule has 1 atom stereocenters. The smallest absolute Gasteiger partial charge is 0.313 e. The normalized spacial score (nSPS) is 11.4. The van der Waals surface area contributed by atoms with Crippen LogP contribution in [0.25, 0.3) is 0 Å². The van der Waals surface area contributed by atoms with Crippen LogP contribution in [0.5, 0.6) is 5.75 Å². The van der Waals surface area contributed by atoms with E-state index in [2.05, 4.69) is 0 Å². The summed E-state index contributed by atoms with van der Waals surface area (Å²) >= 11 is 0. The number of esters is 1.